The Morgan fingerprint density at radius 2 is 1.69 bits per heavy atom. The zero-order chi connectivity index (χ0) is 11.0. The van der Waals surface area contributed by atoms with Crippen LogP contribution in [0.2, 0.25) is 0 Å². The van der Waals surface area contributed by atoms with Crippen LogP contribution in [0.1, 0.15) is 42.7 Å². The first-order chi connectivity index (χ1) is 7.85. The van der Waals surface area contributed by atoms with E-state index in [-0.39, 0.29) is 0 Å². The number of fused-ring (bicyclic) bond motifs is 2. The van der Waals surface area contributed by atoms with Crippen molar-refractivity contribution in [3.05, 3.63) is 35.4 Å². The highest BCUT2D eigenvalue weighted by molar-refractivity contribution is 5.26. The van der Waals surface area contributed by atoms with E-state index in [0.29, 0.717) is 6.54 Å². The van der Waals surface area contributed by atoms with Crippen LogP contribution in [0.4, 0.5) is 0 Å². The third-order valence-electron chi connectivity index (χ3n) is 4.16. The van der Waals surface area contributed by atoms with Gasteiger partial charge in [0, 0.05) is 18.6 Å². The molecule has 3 N–H and O–H groups in total. The van der Waals surface area contributed by atoms with Crippen molar-refractivity contribution in [1.29, 1.82) is 0 Å². The Morgan fingerprint density at radius 3 is 2.25 bits per heavy atom. The van der Waals surface area contributed by atoms with E-state index in [4.69, 9.17) is 5.73 Å². The molecule has 2 bridgehead atoms. The third kappa shape index (κ3) is 1.87. The second-order valence-electron chi connectivity index (χ2n) is 5.25. The Hall–Kier alpha value is -0.860. The molecule has 2 saturated heterocycles. The molecule has 0 amide bonds. The van der Waals surface area contributed by atoms with E-state index in [0.717, 1.165) is 18.0 Å². The van der Waals surface area contributed by atoms with Gasteiger partial charge in [-0.1, -0.05) is 24.3 Å². The van der Waals surface area contributed by atoms with Crippen molar-refractivity contribution in [3.8, 4) is 0 Å². The lowest BCUT2D eigenvalue weighted by atomic mass is 9.86. The normalized spacial score (nSPS) is 32.9. The van der Waals surface area contributed by atoms with Gasteiger partial charge in [-0.2, -0.15) is 0 Å². The summed E-state index contributed by atoms with van der Waals surface area (Å²) in [6.07, 6.45) is 5.39. The number of piperidine rings is 1. The number of hydrogen-bond donors (Lipinski definition) is 2. The topological polar surface area (TPSA) is 38.0 Å². The molecule has 2 atom stereocenters. The van der Waals surface area contributed by atoms with Crippen LogP contribution in [0.5, 0.6) is 0 Å². The van der Waals surface area contributed by atoms with Gasteiger partial charge in [0.1, 0.15) is 0 Å². The van der Waals surface area contributed by atoms with Gasteiger partial charge in [-0.25, -0.2) is 0 Å². The van der Waals surface area contributed by atoms with Gasteiger partial charge in [0.15, 0.2) is 0 Å². The van der Waals surface area contributed by atoms with Gasteiger partial charge in [-0.05, 0) is 42.7 Å². The number of rotatable bonds is 2. The average Bonchev–Trinajstić information content (AvgIpc) is 2.68. The van der Waals surface area contributed by atoms with Crippen LogP contribution in [-0.2, 0) is 6.54 Å². The Morgan fingerprint density at radius 1 is 1.06 bits per heavy atom. The van der Waals surface area contributed by atoms with Crippen molar-refractivity contribution in [3.63, 3.8) is 0 Å². The summed E-state index contributed by atoms with van der Waals surface area (Å²) >= 11 is 0. The standard InChI is InChI=1S/C14H20N2/c15-9-10-1-3-11(4-2-10)12-7-13-5-6-14(8-12)16-13/h1-4,12-14,16H,5-9,15H2. The van der Waals surface area contributed by atoms with Gasteiger partial charge in [-0.3, -0.25) is 0 Å². The molecule has 2 fully saturated rings. The Bertz CT molecular complexity index is 346. The number of nitrogens with one attached hydrogen (secondary N) is 1. The van der Waals surface area contributed by atoms with Crippen LogP contribution < -0.4 is 11.1 Å². The fourth-order valence-electron chi connectivity index (χ4n) is 3.26. The van der Waals surface area contributed by atoms with Crippen LogP contribution in [-0.4, -0.2) is 12.1 Å². The van der Waals surface area contributed by atoms with Crippen LogP contribution >= 0.6 is 0 Å². The van der Waals surface area contributed by atoms with Gasteiger partial charge in [-0.15, -0.1) is 0 Å². The maximum Gasteiger partial charge on any atom is 0.0178 e. The minimum atomic E-state index is 0.651. The molecule has 2 unspecified atom stereocenters. The molecule has 0 spiro atoms. The largest absolute Gasteiger partial charge is 0.326 e. The highest BCUT2D eigenvalue weighted by Gasteiger charge is 2.33. The Kier molecular flexibility index (Phi) is 2.70. The van der Waals surface area contributed by atoms with Gasteiger partial charge < -0.3 is 11.1 Å². The molecule has 0 saturated carbocycles. The summed E-state index contributed by atoms with van der Waals surface area (Å²) in [5.74, 6) is 0.769. The summed E-state index contributed by atoms with van der Waals surface area (Å²) in [6.45, 7) is 0.651. The second-order valence-corrected chi connectivity index (χ2v) is 5.25. The molecule has 1 aromatic carbocycles. The average molecular weight is 216 g/mol. The molecule has 2 aliphatic rings. The molecule has 1 aromatic rings. The van der Waals surface area contributed by atoms with Crippen molar-refractivity contribution in [2.45, 2.75) is 50.2 Å². The van der Waals surface area contributed by atoms with E-state index in [9.17, 15) is 0 Å². The fraction of sp³-hybridized carbons (Fsp3) is 0.571. The van der Waals surface area contributed by atoms with Crippen LogP contribution in [0.25, 0.3) is 0 Å². The van der Waals surface area contributed by atoms with Crippen LogP contribution in [0, 0.1) is 0 Å². The molecule has 2 heteroatoms. The molecule has 2 nitrogen and oxygen atoms in total. The Balaban J connectivity index is 1.76. The summed E-state index contributed by atoms with van der Waals surface area (Å²) in [6, 6.07) is 10.5. The number of benzene rings is 1. The second kappa shape index (κ2) is 4.19. The Labute approximate surface area is 97.2 Å². The molecule has 86 valence electrons. The number of hydrogen-bond acceptors (Lipinski definition) is 2. The first-order valence-electron chi connectivity index (χ1n) is 6.40. The van der Waals surface area contributed by atoms with Crippen molar-refractivity contribution < 1.29 is 0 Å². The molecule has 2 aliphatic heterocycles. The third-order valence-corrected chi connectivity index (χ3v) is 4.16. The van der Waals surface area contributed by atoms with Gasteiger partial charge in [0.05, 0.1) is 0 Å². The SMILES string of the molecule is NCc1ccc(C2CC3CCC(C2)N3)cc1. The van der Waals surface area contributed by atoms with Crippen LogP contribution in [0.15, 0.2) is 24.3 Å². The fourth-order valence-corrected chi connectivity index (χ4v) is 3.26. The predicted octanol–water partition coefficient (Wildman–Crippen LogP) is 2.14. The maximum absolute atomic E-state index is 5.62. The first kappa shape index (κ1) is 10.3. The summed E-state index contributed by atoms with van der Waals surface area (Å²) in [7, 11) is 0. The lowest BCUT2D eigenvalue weighted by Gasteiger charge is -2.29. The molecule has 0 radical (unpaired) electrons. The summed E-state index contributed by atoms with van der Waals surface area (Å²) in [5, 5.41) is 3.69. The molecule has 0 aromatic heterocycles. The van der Waals surface area contributed by atoms with E-state index in [1.54, 1.807) is 0 Å². The van der Waals surface area contributed by atoms with Gasteiger partial charge in [0.25, 0.3) is 0 Å². The van der Waals surface area contributed by atoms with Crippen molar-refractivity contribution in [1.82, 2.24) is 5.32 Å². The molecular formula is C14H20N2. The minimum Gasteiger partial charge on any atom is -0.326 e. The first-order valence-corrected chi connectivity index (χ1v) is 6.40. The quantitative estimate of drug-likeness (QED) is 0.795. The lowest BCUT2D eigenvalue weighted by molar-refractivity contribution is 0.363. The smallest absolute Gasteiger partial charge is 0.0178 e. The van der Waals surface area contributed by atoms with Crippen LogP contribution in [0.3, 0.4) is 0 Å². The lowest BCUT2D eigenvalue weighted by Crippen LogP contribution is -2.37. The van der Waals surface area contributed by atoms with E-state index in [1.165, 1.54) is 36.8 Å². The molecule has 0 aliphatic carbocycles. The van der Waals surface area contributed by atoms with E-state index < -0.39 is 0 Å². The summed E-state index contributed by atoms with van der Waals surface area (Å²) in [5.41, 5.74) is 8.37. The highest BCUT2D eigenvalue weighted by atomic mass is 15.0. The molecule has 3 rings (SSSR count). The van der Waals surface area contributed by atoms with E-state index >= 15 is 0 Å². The molecule has 16 heavy (non-hydrogen) atoms. The van der Waals surface area contributed by atoms with Gasteiger partial charge in [0.2, 0.25) is 0 Å². The minimum absolute atomic E-state index is 0.651. The van der Waals surface area contributed by atoms with Crippen molar-refractivity contribution >= 4 is 0 Å². The zero-order valence-corrected chi connectivity index (χ0v) is 9.65. The summed E-state index contributed by atoms with van der Waals surface area (Å²) in [4.78, 5) is 0. The van der Waals surface area contributed by atoms with E-state index in [1.807, 2.05) is 0 Å². The zero-order valence-electron chi connectivity index (χ0n) is 9.65. The summed E-state index contributed by atoms with van der Waals surface area (Å²) < 4.78 is 0. The van der Waals surface area contributed by atoms with Crippen molar-refractivity contribution in [2.75, 3.05) is 0 Å². The molecule has 2 heterocycles. The molecular weight excluding hydrogens is 196 g/mol. The highest BCUT2D eigenvalue weighted by Crippen LogP contribution is 2.37. The number of nitrogens with two attached hydrogens (primary N) is 1. The monoisotopic (exact) mass is 216 g/mol. The van der Waals surface area contributed by atoms with E-state index in [2.05, 4.69) is 29.6 Å². The van der Waals surface area contributed by atoms with Gasteiger partial charge >= 0.3 is 0 Å². The maximum atomic E-state index is 5.62. The van der Waals surface area contributed by atoms with Crippen molar-refractivity contribution in [2.24, 2.45) is 5.73 Å². The predicted molar refractivity (Wildman–Crippen MR) is 66.3 cm³/mol.